The van der Waals surface area contributed by atoms with E-state index < -0.39 is 0 Å². The summed E-state index contributed by atoms with van der Waals surface area (Å²) in [6, 6.07) is 4.29. The summed E-state index contributed by atoms with van der Waals surface area (Å²) in [6.45, 7) is 3.25. The second kappa shape index (κ2) is 4.89. The maximum Gasteiger partial charge on any atom is 0.221 e. The van der Waals surface area contributed by atoms with Gasteiger partial charge in [0.2, 0.25) is 5.91 Å². The van der Waals surface area contributed by atoms with E-state index in [9.17, 15) is 9.18 Å². The summed E-state index contributed by atoms with van der Waals surface area (Å²) in [6.07, 6.45) is 0.607. The Balaban J connectivity index is 2.97. The Morgan fingerprint density at radius 1 is 1.60 bits per heavy atom. The van der Waals surface area contributed by atoms with Crippen LogP contribution in [0.2, 0.25) is 0 Å². The van der Waals surface area contributed by atoms with Gasteiger partial charge in [0.15, 0.2) is 0 Å². The minimum Gasteiger partial charge on any atom is -0.328 e. The van der Waals surface area contributed by atoms with E-state index in [2.05, 4.69) is 5.32 Å². The zero-order valence-corrected chi connectivity index (χ0v) is 8.88. The number of nitrogens with two attached hydrogens (primary N) is 1. The fraction of sp³-hybridized carbons (Fsp3) is 0.364. The Bertz CT molecular complexity index is 364. The number of anilines is 1. The summed E-state index contributed by atoms with van der Waals surface area (Å²) in [5.74, 6) is -0.585. The SMILES string of the molecule is CC(=O)Nc1cc(F)ccc1CC(C)N. The van der Waals surface area contributed by atoms with E-state index in [0.29, 0.717) is 12.1 Å². The third-order valence-electron chi connectivity index (χ3n) is 1.92. The third kappa shape index (κ3) is 3.67. The lowest BCUT2D eigenvalue weighted by molar-refractivity contribution is -0.114. The van der Waals surface area contributed by atoms with Crippen LogP contribution in [0, 0.1) is 5.82 Å². The van der Waals surface area contributed by atoms with Crippen molar-refractivity contribution in [3.8, 4) is 0 Å². The second-order valence-electron chi connectivity index (χ2n) is 3.66. The number of rotatable bonds is 3. The molecule has 0 spiro atoms. The molecule has 1 rings (SSSR count). The van der Waals surface area contributed by atoms with Crippen LogP contribution in [0.3, 0.4) is 0 Å². The predicted octanol–water partition coefficient (Wildman–Crippen LogP) is 1.67. The Morgan fingerprint density at radius 3 is 2.80 bits per heavy atom. The Labute approximate surface area is 88.5 Å². The highest BCUT2D eigenvalue weighted by Gasteiger charge is 2.07. The van der Waals surface area contributed by atoms with Crippen LogP contribution in [0.4, 0.5) is 10.1 Å². The van der Waals surface area contributed by atoms with Gasteiger partial charge in [0.1, 0.15) is 5.82 Å². The molecule has 1 aromatic rings. The highest BCUT2D eigenvalue weighted by atomic mass is 19.1. The monoisotopic (exact) mass is 210 g/mol. The first-order chi connectivity index (χ1) is 6.99. The molecule has 3 nitrogen and oxygen atoms in total. The van der Waals surface area contributed by atoms with Crippen LogP contribution in [0.25, 0.3) is 0 Å². The molecule has 1 aromatic carbocycles. The van der Waals surface area contributed by atoms with Gasteiger partial charge in [-0.25, -0.2) is 4.39 Å². The molecule has 1 amide bonds. The van der Waals surface area contributed by atoms with Gasteiger partial charge in [-0.1, -0.05) is 6.07 Å². The molecule has 0 bridgehead atoms. The molecule has 0 heterocycles. The van der Waals surface area contributed by atoms with E-state index in [1.165, 1.54) is 19.1 Å². The number of carbonyl (C=O) groups is 1. The molecule has 1 atom stereocenters. The van der Waals surface area contributed by atoms with Crippen LogP contribution in [0.1, 0.15) is 19.4 Å². The van der Waals surface area contributed by atoms with Crippen molar-refractivity contribution < 1.29 is 9.18 Å². The quantitative estimate of drug-likeness (QED) is 0.797. The van der Waals surface area contributed by atoms with Crippen molar-refractivity contribution in [1.29, 1.82) is 0 Å². The number of amides is 1. The highest BCUT2D eigenvalue weighted by molar-refractivity contribution is 5.89. The molecule has 15 heavy (non-hydrogen) atoms. The average molecular weight is 210 g/mol. The summed E-state index contributed by atoms with van der Waals surface area (Å²) in [4.78, 5) is 10.9. The Hall–Kier alpha value is -1.42. The summed E-state index contributed by atoms with van der Waals surface area (Å²) in [5, 5.41) is 2.59. The molecule has 0 radical (unpaired) electrons. The van der Waals surface area contributed by atoms with Crippen molar-refractivity contribution >= 4 is 11.6 Å². The molecule has 0 aliphatic rings. The van der Waals surface area contributed by atoms with Gasteiger partial charge in [-0.3, -0.25) is 4.79 Å². The standard InChI is InChI=1S/C11H15FN2O/c1-7(13)5-9-3-4-10(12)6-11(9)14-8(2)15/h3-4,6-7H,5,13H2,1-2H3,(H,14,15). The summed E-state index contributed by atoms with van der Waals surface area (Å²) in [7, 11) is 0. The van der Waals surface area contributed by atoms with Crippen LogP contribution in [-0.4, -0.2) is 11.9 Å². The van der Waals surface area contributed by atoms with E-state index in [1.54, 1.807) is 6.07 Å². The topological polar surface area (TPSA) is 55.1 Å². The van der Waals surface area contributed by atoms with Crippen molar-refractivity contribution in [2.24, 2.45) is 5.73 Å². The van der Waals surface area contributed by atoms with Crippen LogP contribution < -0.4 is 11.1 Å². The van der Waals surface area contributed by atoms with Gasteiger partial charge in [0.05, 0.1) is 0 Å². The van der Waals surface area contributed by atoms with E-state index in [1.807, 2.05) is 6.92 Å². The zero-order valence-electron chi connectivity index (χ0n) is 8.88. The minimum absolute atomic E-state index is 0.0250. The van der Waals surface area contributed by atoms with E-state index in [0.717, 1.165) is 5.56 Å². The molecule has 82 valence electrons. The lowest BCUT2D eigenvalue weighted by atomic mass is 10.1. The molecule has 0 aromatic heterocycles. The van der Waals surface area contributed by atoms with E-state index in [4.69, 9.17) is 5.73 Å². The van der Waals surface area contributed by atoms with Crippen molar-refractivity contribution in [3.05, 3.63) is 29.6 Å². The average Bonchev–Trinajstić information content (AvgIpc) is 2.08. The van der Waals surface area contributed by atoms with Gasteiger partial charge < -0.3 is 11.1 Å². The van der Waals surface area contributed by atoms with Crippen LogP contribution in [0.15, 0.2) is 18.2 Å². The van der Waals surface area contributed by atoms with Crippen molar-refractivity contribution in [2.45, 2.75) is 26.3 Å². The van der Waals surface area contributed by atoms with E-state index >= 15 is 0 Å². The minimum atomic E-state index is -0.368. The summed E-state index contributed by atoms with van der Waals surface area (Å²) < 4.78 is 13.0. The Kier molecular flexibility index (Phi) is 3.80. The van der Waals surface area contributed by atoms with Gasteiger partial charge in [-0.05, 0) is 31.0 Å². The van der Waals surface area contributed by atoms with Gasteiger partial charge in [-0.2, -0.15) is 0 Å². The van der Waals surface area contributed by atoms with Crippen LogP contribution in [0.5, 0.6) is 0 Å². The second-order valence-corrected chi connectivity index (χ2v) is 3.66. The maximum absolute atomic E-state index is 13.0. The fourth-order valence-corrected chi connectivity index (χ4v) is 1.38. The fourth-order valence-electron chi connectivity index (χ4n) is 1.38. The maximum atomic E-state index is 13.0. The summed E-state index contributed by atoms with van der Waals surface area (Å²) >= 11 is 0. The van der Waals surface area contributed by atoms with Crippen molar-refractivity contribution in [2.75, 3.05) is 5.32 Å². The normalized spacial score (nSPS) is 12.3. The Morgan fingerprint density at radius 2 is 2.27 bits per heavy atom. The largest absolute Gasteiger partial charge is 0.328 e. The third-order valence-corrected chi connectivity index (χ3v) is 1.92. The lowest BCUT2D eigenvalue weighted by Gasteiger charge is -2.11. The molecule has 4 heteroatoms. The zero-order chi connectivity index (χ0) is 11.4. The molecule has 0 saturated carbocycles. The molecule has 3 N–H and O–H groups in total. The molecule has 0 aliphatic heterocycles. The lowest BCUT2D eigenvalue weighted by Crippen LogP contribution is -2.19. The number of carbonyl (C=O) groups excluding carboxylic acids is 1. The van der Waals surface area contributed by atoms with Crippen molar-refractivity contribution in [3.63, 3.8) is 0 Å². The highest BCUT2D eigenvalue weighted by Crippen LogP contribution is 2.18. The van der Waals surface area contributed by atoms with Crippen LogP contribution >= 0.6 is 0 Å². The first-order valence-electron chi connectivity index (χ1n) is 4.80. The van der Waals surface area contributed by atoms with Gasteiger partial charge >= 0.3 is 0 Å². The number of hydrogen-bond donors (Lipinski definition) is 2. The van der Waals surface area contributed by atoms with Gasteiger partial charge in [-0.15, -0.1) is 0 Å². The van der Waals surface area contributed by atoms with E-state index in [-0.39, 0.29) is 17.8 Å². The summed E-state index contributed by atoms with van der Waals surface area (Å²) in [5.41, 5.74) is 7.00. The van der Waals surface area contributed by atoms with Crippen LogP contribution in [-0.2, 0) is 11.2 Å². The number of benzene rings is 1. The molecule has 1 unspecified atom stereocenters. The molecule has 0 saturated heterocycles. The van der Waals surface area contributed by atoms with Gasteiger partial charge in [0, 0.05) is 18.7 Å². The van der Waals surface area contributed by atoms with Crippen molar-refractivity contribution in [1.82, 2.24) is 0 Å². The molecular formula is C11H15FN2O. The number of nitrogens with one attached hydrogen (secondary N) is 1. The van der Waals surface area contributed by atoms with Gasteiger partial charge in [0.25, 0.3) is 0 Å². The number of halogens is 1. The molecule has 0 aliphatic carbocycles. The first kappa shape index (κ1) is 11.7. The molecule has 0 fully saturated rings. The number of hydrogen-bond acceptors (Lipinski definition) is 2. The predicted molar refractivity (Wildman–Crippen MR) is 58.1 cm³/mol. The smallest absolute Gasteiger partial charge is 0.221 e. The first-order valence-corrected chi connectivity index (χ1v) is 4.80. The molecular weight excluding hydrogens is 195 g/mol.